The van der Waals surface area contributed by atoms with E-state index in [1.165, 1.54) is 19.2 Å². The summed E-state index contributed by atoms with van der Waals surface area (Å²) >= 11 is 0. The SMILES string of the molecule is COc1c(O)ccc(C(=O)O)c1/C=N\Nc1nonc1N. The number of methoxy groups -OCH3 is 1. The molecule has 0 aliphatic heterocycles. The van der Waals surface area contributed by atoms with Crippen molar-refractivity contribution in [2.24, 2.45) is 5.10 Å². The number of aromatic hydroxyl groups is 1. The molecule has 0 fully saturated rings. The zero-order valence-corrected chi connectivity index (χ0v) is 10.8. The number of hydrazone groups is 1. The van der Waals surface area contributed by atoms with Crippen LogP contribution in [0.1, 0.15) is 15.9 Å². The van der Waals surface area contributed by atoms with Crippen LogP contribution in [0.2, 0.25) is 0 Å². The highest BCUT2D eigenvalue weighted by molar-refractivity contribution is 6.01. The Morgan fingerprint density at radius 1 is 1.52 bits per heavy atom. The molecule has 5 N–H and O–H groups in total. The van der Waals surface area contributed by atoms with E-state index in [-0.39, 0.29) is 34.3 Å². The van der Waals surface area contributed by atoms with Crippen LogP contribution in [0.5, 0.6) is 11.5 Å². The first-order valence-electron chi connectivity index (χ1n) is 5.55. The lowest BCUT2D eigenvalue weighted by molar-refractivity contribution is 0.0696. The van der Waals surface area contributed by atoms with Crippen LogP contribution in [0, 0.1) is 0 Å². The number of benzene rings is 1. The molecule has 0 radical (unpaired) electrons. The van der Waals surface area contributed by atoms with Crippen LogP contribution in [0.3, 0.4) is 0 Å². The Kier molecular flexibility index (Phi) is 3.88. The quantitative estimate of drug-likeness (QED) is 0.455. The van der Waals surface area contributed by atoms with E-state index >= 15 is 0 Å². The fraction of sp³-hybridized carbons (Fsp3) is 0.0909. The average molecular weight is 293 g/mol. The Balaban J connectivity index is 2.35. The second-order valence-electron chi connectivity index (χ2n) is 3.75. The molecule has 110 valence electrons. The summed E-state index contributed by atoms with van der Waals surface area (Å²) in [5.41, 5.74) is 7.82. The molecule has 10 heteroatoms. The lowest BCUT2D eigenvalue weighted by Crippen LogP contribution is -2.05. The molecule has 0 aliphatic carbocycles. The van der Waals surface area contributed by atoms with Gasteiger partial charge in [-0.1, -0.05) is 0 Å². The third-order valence-electron chi connectivity index (χ3n) is 2.49. The molecule has 0 bridgehead atoms. The number of nitrogens with zero attached hydrogens (tertiary/aromatic N) is 3. The number of aromatic nitrogens is 2. The van der Waals surface area contributed by atoms with Crippen molar-refractivity contribution in [1.29, 1.82) is 0 Å². The summed E-state index contributed by atoms with van der Waals surface area (Å²) in [4.78, 5) is 11.2. The highest BCUT2D eigenvalue weighted by atomic mass is 16.6. The van der Waals surface area contributed by atoms with Gasteiger partial charge in [0.1, 0.15) is 0 Å². The largest absolute Gasteiger partial charge is 0.504 e. The van der Waals surface area contributed by atoms with Crippen molar-refractivity contribution >= 4 is 23.8 Å². The standard InChI is InChI=1S/C11H11N5O5/c1-20-8-6(5(11(18)19)2-3-7(8)17)4-13-14-10-9(12)15-21-16-10/h2-4,17H,1H3,(H2,12,15)(H,14,16)(H,18,19)/b13-4-. The van der Waals surface area contributed by atoms with Crippen molar-refractivity contribution in [3.63, 3.8) is 0 Å². The Morgan fingerprint density at radius 2 is 2.29 bits per heavy atom. The number of hydrogen-bond donors (Lipinski definition) is 4. The van der Waals surface area contributed by atoms with Crippen molar-refractivity contribution in [3.05, 3.63) is 23.3 Å². The Labute approximate surface area is 117 Å². The number of anilines is 2. The van der Waals surface area contributed by atoms with E-state index in [1.54, 1.807) is 0 Å². The zero-order valence-electron chi connectivity index (χ0n) is 10.8. The number of aromatic carboxylic acids is 1. The maximum Gasteiger partial charge on any atom is 0.336 e. The lowest BCUT2D eigenvalue weighted by atomic mass is 10.1. The first kappa shape index (κ1) is 14.1. The van der Waals surface area contributed by atoms with E-state index in [2.05, 4.69) is 25.5 Å². The minimum atomic E-state index is -1.20. The maximum absolute atomic E-state index is 11.2. The predicted octanol–water partition coefficient (Wildman–Crippen LogP) is 0.510. The average Bonchev–Trinajstić information content (AvgIpc) is 2.84. The van der Waals surface area contributed by atoms with Gasteiger partial charge in [-0.05, 0) is 22.4 Å². The van der Waals surface area contributed by atoms with E-state index in [0.29, 0.717) is 0 Å². The molecule has 0 aliphatic rings. The normalized spacial score (nSPS) is 10.7. The van der Waals surface area contributed by atoms with Crippen LogP contribution in [0.15, 0.2) is 21.9 Å². The second-order valence-corrected chi connectivity index (χ2v) is 3.75. The number of ether oxygens (including phenoxy) is 1. The molecular weight excluding hydrogens is 282 g/mol. The van der Waals surface area contributed by atoms with Crippen molar-refractivity contribution < 1.29 is 24.4 Å². The fourth-order valence-corrected chi connectivity index (χ4v) is 1.55. The van der Waals surface area contributed by atoms with Crippen LogP contribution >= 0.6 is 0 Å². The first-order valence-corrected chi connectivity index (χ1v) is 5.55. The summed E-state index contributed by atoms with van der Waals surface area (Å²) in [6.45, 7) is 0. The van der Waals surface area contributed by atoms with Crippen molar-refractivity contribution in [2.45, 2.75) is 0 Å². The monoisotopic (exact) mass is 293 g/mol. The number of carboxylic acids is 1. The number of carbonyl (C=O) groups is 1. The van der Waals surface area contributed by atoms with Gasteiger partial charge in [-0.15, -0.1) is 0 Å². The summed E-state index contributed by atoms with van der Waals surface area (Å²) < 4.78 is 9.33. The maximum atomic E-state index is 11.2. The molecule has 1 heterocycles. The van der Waals surface area contributed by atoms with Crippen LogP contribution in [0.4, 0.5) is 11.6 Å². The first-order chi connectivity index (χ1) is 10.0. The molecule has 0 saturated heterocycles. The summed E-state index contributed by atoms with van der Waals surface area (Å²) in [6.07, 6.45) is 1.15. The summed E-state index contributed by atoms with van der Waals surface area (Å²) in [5.74, 6) is -1.37. The van der Waals surface area contributed by atoms with Crippen molar-refractivity contribution in [3.8, 4) is 11.5 Å². The van der Waals surface area contributed by atoms with Gasteiger partial charge < -0.3 is 20.7 Å². The van der Waals surface area contributed by atoms with Gasteiger partial charge in [-0.3, -0.25) is 5.43 Å². The lowest BCUT2D eigenvalue weighted by Gasteiger charge is -2.09. The smallest absolute Gasteiger partial charge is 0.336 e. The van der Waals surface area contributed by atoms with E-state index in [4.69, 9.17) is 15.6 Å². The van der Waals surface area contributed by atoms with Gasteiger partial charge in [-0.2, -0.15) is 5.10 Å². The number of hydrogen-bond acceptors (Lipinski definition) is 9. The molecule has 0 saturated carbocycles. The molecule has 1 aromatic carbocycles. The summed E-state index contributed by atoms with van der Waals surface area (Å²) in [7, 11) is 1.30. The van der Waals surface area contributed by atoms with E-state index in [0.717, 1.165) is 6.21 Å². The molecule has 0 unspecified atom stereocenters. The van der Waals surface area contributed by atoms with E-state index < -0.39 is 5.97 Å². The Bertz CT molecular complexity index is 696. The minimum Gasteiger partial charge on any atom is -0.504 e. The molecule has 0 atom stereocenters. The number of carboxylic acid groups (broad SMARTS) is 1. The van der Waals surface area contributed by atoms with Gasteiger partial charge in [0.05, 0.1) is 24.5 Å². The zero-order chi connectivity index (χ0) is 15.4. The molecule has 0 amide bonds. The minimum absolute atomic E-state index is 0.00604. The number of nitrogens with two attached hydrogens (primary N) is 1. The molecule has 0 spiro atoms. The third-order valence-corrected chi connectivity index (χ3v) is 2.49. The highest BCUT2D eigenvalue weighted by Gasteiger charge is 2.17. The fourth-order valence-electron chi connectivity index (χ4n) is 1.55. The predicted molar refractivity (Wildman–Crippen MR) is 71.5 cm³/mol. The molecule has 21 heavy (non-hydrogen) atoms. The van der Waals surface area contributed by atoms with Gasteiger partial charge in [0.2, 0.25) is 11.6 Å². The van der Waals surface area contributed by atoms with Crippen LogP contribution in [-0.4, -0.2) is 39.8 Å². The number of nitrogens with one attached hydrogen (secondary N) is 1. The molecule has 2 rings (SSSR count). The van der Waals surface area contributed by atoms with Gasteiger partial charge in [0.15, 0.2) is 11.5 Å². The second kappa shape index (κ2) is 5.77. The van der Waals surface area contributed by atoms with Gasteiger partial charge in [0, 0.05) is 0 Å². The molecule has 1 aromatic heterocycles. The van der Waals surface area contributed by atoms with E-state index in [9.17, 15) is 9.90 Å². The Morgan fingerprint density at radius 3 is 2.86 bits per heavy atom. The number of phenols is 1. The van der Waals surface area contributed by atoms with Crippen LogP contribution < -0.4 is 15.9 Å². The molecular formula is C11H11N5O5. The molecule has 10 nitrogen and oxygen atoms in total. The Hall–Kier alpha value is -3.30. The summed E-state index contributed by atoms with van der Waals surface area (Å²) in [5, 5.41) is 29.3. The van der Waals surface area contributed by atoms with Crippen LogP contribution in [0.25, 0.3) is 0 Å². The van der Waals surface area contributed by atoms with Gasteiger partial charge in [0.25, 0.3) is 0 Å². The van der Waals surface area contributed by atoms with Crippen molar-refractivity contribution in [2.75, 3.05) is 18.3 Å². The van der Waals surface area contributed by atoms with E-state index in [1.807, 2.05) is 0 Å². The third kappa shape index (κ3) is 2.83. The highest BCUT2D eigenvalue weighted by Crippen LogP contribution is 2.31. The van der Waals surface area contributed by atoms with Gasteiger partial charge in [-0.25, -0.2) is 9.42 Å². The van der Waals surface area contributed by atoms with Crippen LogP contribution in [-0.2, 0) is 0 Å². The number of phenolic OH excluding ortho intramolecular Hbond substituents is 1. The number of rotatable bonds is 5. The summed E-state index contributed by atoms with van der Waals surface area (Å²) in [6, 6.07) is 2.44. The topological polar surface area (TPSA) is 156 Å². The van der Waals surface area contributed by atoms with Crippen molar-refractivity contribution in [1.82, 2.24) is 10.3 Å². The molecule has 2 aromatic rings. The number of nitrogen functional groups attached to an aromatic ring is 1. The van der Waals surface area contributed by atoms with Gasteiger partial charge >= 0.3 is 5.97 Å².